The highest BCUT2D eigenvalue weighted by atomic mass is 32.2. The van der Waals surface area contributed by atoms with Gasteiger partial charge >= 0.3 is 0 Å². The van der Waals surface area contributed by atoms with Crippen LogP contribution in [0.1, 0.15) is 11.1 Å². The van der Waals surface area contributed by atoms with E-state index in [2.05, 4.69) is 20.4 Å². The Kier molecular flexibility index (Phi) is 8.47. The van der Waals surface area contributed by atoms with Crippen molar-refractivity contribution in [3.8, 4) is 11.5 Å². The van der Waals surface area contributed by atoms with Gasteiger partial charge in [0.1, 0.15) is 12.7 Å². The molecule has 3 N–H and O–H groups in total. The van der Waals surface area contributed by atoms with Gasteiger partial charge in [-0.1, -0.05) is 6.07 Å². The van der Waals surface area contributed by atoms with Gasteiger partial charge in [-0.2, -0.15) is 16.9 Å². The minimum atomic E-state index is -0.503. The van der Waals surface area contributed by atoms with Gasteiger partial charge < -0.3 is 19.9 Å². The maximum Gasteiger partial charge on any atom is 0.161 e. The molecule has 1 aromatic carbocycles. The molecule has 1 fully saturated rings. The minimum Gasteiger partial charge on any atom is -0.493 e. The second-order valence-electron chi connectivity index (χ2n) is 6.90. The first-order chi connectivity index (χ1) is 13.7. The minimum absolute atomic E-state index is 0.266. The van der Waals surface area contributed by atoms with E-state index in [1.807, 2.05) is 42.4 Å². The fourth-order valence-electron chi connectivity index (χ4n) is 3.14. The number of benzene rings is 1. The zero-order valence-electron chi connectivity index (χ0n) is 16.4. The lowest BCUT2D eigenvalue weighted by Crippen LogP contribution is -2.40. The number of ether oxygens (including phenoxy) is 2. The van der Waals surface area contributed by atoms with Crippen molar-refractivity contribution in [2.75, 3.05) is 51.4 Å². The zero-order valence-corrected chi connectivity index (χ0v) is 17.2. The second-order valence-corrected chi connectivity index (χ2v) is 8.12. The van der Waals surface area contributed by atoms with Crippen molar-refractivity contribution in [2.45, 2.75) is 19.1 Å². The lowest BCUT2D eigenvalue weighted by Gasteiger charge is -2.28. The molecule has 28 heavy (non-hydrogen) atoms. The fraction of sp³-hybridized carbons (Fsp3) is 0.550. The van der Waals surface area contributed by atoms with E-state index in [0.717, 1.165) is 49.7 Å². The predicted octanol–water partition coefficient (Wildman–Crippen LogP) is 1.54. The molecule has 2 heterocycles. The number of nitrogens with one attached hydrogen (secondary N) is 2. The van der Waals surface area contributed by atoms with Crippen molar-refractivity contribution in [1.29, 1.82) is 0 Å². The van der Waals surface area contributed by atoms with E-state index in [1.165, 1.54) is 5.56 Å². The standard InChI is InChI=1S/C20H30N4O3S/c1-26-20-10-16(11-21-5-4-17-12-22-23-13-17)2-3-19(20)27-15-18(25)14-24-6-8-28-9-7-24/h2-3,10,12-13,18,21,25H,4-9,11,14-15H2,1H3,(H,22,23)/t18-/m0/s1. The third-order valence-corrected chi connectivity index (χ3v) is 5.65. The molecule has 3 rings (SSSR count). The molecule has 0 radical (unpaired) electrons. The van der Waals surface area contributed by atoms with E-state index >= 15 is 0 Å². The largest absolute Gasteiger partial charge is 0.493 e. The van der Waals surface area contributed by atoms with Crippen LogP contribution in [0.2, 0.25) is 0 Å². The summed E-state index contributed by atoms with van der Waals surface area (Å²) in [5.74, 6) is 3.63. The summed E-state index contributed by atoms with van der Waals surface area (Å²) in [7, 11) is 1.64. The predicted molar refractivity (Wildman–Crippen MR) is 112 cm³/mol. The lowest BCUT2D eigenvalue weighted by molar-refractivity contribution is 0.0705. The molecule has 8 heteroatoms. The first kappa shape index (κ1) is 21.0. The molecule has 0 spiro atoms. The smallest absolute Gasteiger partial charge is 0.161 e. The first-order valence-electron chi connectivity index (χ1n) is 9.71. The molecular formula is C20H30N4O3S. The van der Waals surface area contributed by atoms with Gasteiger partial charge in [-0.25, -0.2) is 0 Å². The Morgan fingerprint density at radius 3 is 2.89 bits per heavy atom. The molecule has 0 saturated carbocycles. The molecule has 1 atom stereocenters. The quantitative estimate of drug-likeness (QED) is 0.488. The number of aliphatic hydroxyl groups excluding tert-OH is 1. The van der Waals surface area contributed by atoms with Crippen LogP contribution in [0.4, 0.5) is 0 Å². The van der Waals surface area contributed by atoms with Crippen LogP contribution in [0, 0.1) is 0 Å². The van der Waals surface area contributed by atoms with Gasteiger partial charge in [-0.3, -0.25) is 10.00 Å². The van der Waals surface area contributed by atoms with E-state index in [4.69, 9.17) is 9.47 Å². The Morgan fingerprint density at radius 1 is 1.29 bits per heavy atom. The summed E-state index contributed by atoms with van der Waals surface area (Å²) in [6.45, 7) is 4.62. The number of aliphatic hydroxyl groups is 1. The van der Waals surface area contributed by atoms with Crippen LogP contribution in [0.3, 0.4) is 0 Å². The van der Waals surface area contributed by atoms with Crippen LogP contribution >= 0.6 is 11.8 Å². The van der Waals surface area contributed by atoms with E-state index < -0.39 is 6.10 Å². The third-order valence-electron chi connectivity index (χ3n) is 4.71. The number of thioether (sulfide) groups is 1. The molecule has 1 aromatic heterocycles. The number of aromatic amines is 1. The number of methoxy groups -OCH3 is 1. The van der Waals surface area contributed by atoms with Crippen LogP contribution in [0.5, 0.6) is 11.5 Å². The topological polar surface area (TPSA) is 82.6 Å². The van der Waals surface area contributed by atoms with E-state index in [0.29, 0.717) is 18.0 Å². The van der Waals surface area contributed by atoms with E-state index in [1.54, 1.807) is 7.11 Å². The van der Waals surface area contributed by atoms with Crippen molar-refractivity contribution < 1.29 is 14.6 Å². The van der Waals surface area contributed by atoms with Crippen molar-refractivity contribution in [2.24, 2.45) is 0 Å². The molecule has 2 aromatic rings. The Morgan fingerprint density at radius 2 is 2.14 bits per heavy atom. The number of nitrogens with zero attached hydrogens (tertiary/aromatic N) is 2. The Balaban J connectivity index is 1.42. The summed E-state index contributed by atoms with van der Waals surface area (Å²) in [6.07, 6.45) is 4.19. The van der Waals surface area contributed by atoms with Crippen molar-refractivity contribution >= 4 is 11.8 Å². The Labute approximate surface area is 170 Å². The zero-order chi connectivity index (χ0) is 19.6. The molecule has 154 valence electrons. The van der Waals surface area contributed by atoms with Crippen molar-refractivity contribution in [1.82, 2.24) is 20.4 Å². The number of aromatic nitrogens is 2. The Hall–Kier alpha value is -1.74. The molecular weight excluding hydrogens is 376 g/mol. The van der Waals surface area contributed by atoms with Crippen LogP contribution in [0.15, 0.2) is 30.6 Å². The van der Waals surface area contributed by atoms with Gasteiger partial charge in [-0.05, 0) is 36.2 Å². The van der Waals surface area contributed by atoms with Gasteiger partial charge in [0.2, 0.25) is 0 Å². The third kappa shape index (κ3) is 6.70. The van der Waals surface area contributed by atoms with Crippen LogP contribution in [0.25, 0.3) is 0 Å². The Bertz CT molecular complexity index is 693. The molecule has 7 nitrogen and oxygen atoms in total. The highest BCUT2D eigenvalue weighted by molar-refractivity contribution is 7.99. The monoisotopic (exact) mass is 406 g/mol. The van der Waals surface area contributed by atoms with Gasteiger partial charge in [0.15, 0.2) is 11.5 Å². The molecule has 0 aliphatic carbocycles. The van der Waals surface area contributed by atoms with Crippen LogP contribution < -0.4 is 14.8 Å². The summed E-state index contributed by atoms with van der Waals surface area (Å²) < 4.78 is 11.3. The summed E-state index contributed by atoms with van der Waals surface area (Å²) >= 11 is 1.97. The molecule has 1 saturated heterocycles. The van der Waals surface area contributed by atoms with Crippen molar-refractivity contribution in [3.05, 3.63) is 41.7 Å². The average molecular weight is 407 g/mol. The van der Waals surface area contributed by atoms with Crippen molar-refractivity contribution in [3.63, 3.8) is 0 Å². The number of hydrogen-bond acceptors (Lipinski definition) is 7. The van der Waals surface area contributed by atoms with Gasteiger partial charge in [0.25, 0.3) is 0 Å². The fourth-order valence-corrected chi connectivity index (χ4v) is 4.12. The van der Waals surface area contributed by atoms with E-state index in [9.17, 15) is 5.11 Å². The van der Waals surface area contributed by atoms with E-state index in [-0.39, 0.29) is 6.61 Å². The number of hydrogen-bond donors (Lipinski definition) is 3. The van der Waals surface area contributed by atoms with Gasteiger partial charge in [0.05, 0.1) is 13.3 Å². The summed E-state index contributed by atoms with van der Waals surface area (Å²) in [4.78, 5) is 2.29. The molecule has 0 bridgehead atoms. The number of H-pyrrole nitrogens is 1. The normalized spacial score (nSPS) is 16.1. The summed E-state index contributed by atoms with van der Waals surface area (Å²) in [6, 6.07) is 5.92. The molecule has 1 aliphatic heterocycles. The maximum absolute atomic E-state index is 10.3. The molecule has 0 unspecified atom stereocenters. The first-order valence-corrected chi connectivity index (χ1v) is 10.9. The highest BCUT2D eigenvalue weighted by Gasteiger charge is 2.16. The highest BCUT2D eigenvalue weighted by Crippen LogP contribution is 2.28. The SMILES string of the molecule is COc1cc(CNCCc2cn[nH]c2)ccc1OC[C@@H](O)CN1CCSCC1. The summed E-state index contributed by atoms with van der Waals surface area (Å²) in [5.41, 5.74) is 2.32. The molecule has 0 amide bonds. The summed E-state index contributed by atoms with van der Waals surface area (Å²) in [5, 5.41) is 20.5. The molecule has 1 aliphatic rings. The average Bonchev–Trinajstić information content (AvgIpc) is 3.24. The maximum atomic E-state index is 10.3. The lowest BCUT2D eigenvalue weighted by atomic mass is 10.2. The van der Waals surface area contributed by atoms with Gasteiger partial charge in [0, 0.05) is 43.9 Å². The number of β-amino-alcohol motifs (C(OH)–C–C–N with tert-alkyl or cyclic N) is 1. The van der Waals surface area contributed by atoms with Gasteiger partial charge in [-0.15, -0.1) is 0 Å². The second kappa shape index (κ2) is 11.3. The van der Waals surface area contributed by atoms with Crippen LogP contribution in [-0.4, -0.2) is 77.7 Å². The van der Waals surface area contributed by atoms with Crippen LogP contribution in [-0.2, 0) is 13.0 Å². The number of rotatable bonds is 11.